The fourth-order valence-electron chi connectivity index (χ4n) is 1.78. The third-order valence-electron chi connectivity index (χ3n) is 3.02. The minimum atomic E-state index is 0.0774. The van der Waals surface area contributed by atoms with Crippen molar-refractivity contribution in [3.63, 3.8) is 0 Å². The first-order valence-corrected chi connectivity index (χ1v) is 7.47. The first-order valence-electron chi connectivity index (χ1n) is 7.09. The molecule has 0 bridgehead atoms. The van der Waals surface area contributed by atoms with E-state index < -0.39 is 0 Å². The van der Waals surface area contributed by atoms with Crippen LogP contribution < -0.4 is 10.6 Å². The van der Waals surface area contributed by atoms with Gasteiger partial charge in [0.1, 0.15) is 5.02 Å². The second-order valence-corrected chi connectivity index (χ2v) is 6.07. The van der Waals surface area contributed by atoms with Gasteiger partial charge in [-0.05, 0) is 24.7 Å². The molecular formula is C14H25ClN4O. The van der Waals surface area contributed by atoms with Gasteiger partial charge in [0.05, 0.1) is 6.20 Å². The van der Waals surface area contributed by atoms with E-state index in [1.165, 1.54) is 0 Å². The zero-order chi connectivity index (χ0) is 15.0. The van der Waals surface area contributed by atoms with Crippen LogP contribution in [0.1, 0.15) is 40.0 Å². The number of rotatable bonds is 9. The van der Waals surface area contributed by atoms with Crippen molar-refractivity contribution in [3.05, 3.63) is 11.2 Å². The lowest BCUT2D eigenvalue weighted by Gasteiger charge is -2.25. The van der Waals surface area contributed by atoms with Crippen molar-refractivity contribution in [3.8, 4) is 0 Å². The van der Waals surface area contributed by atoms with E-state index in [-0.39, 0.29) is 12.0 Å². The third-order valence-corrected chi connectivity index (χ3v) is 3.30. The van der Waals surface area contributed by atoms with E-state index in [9.17, 15) is 0 Å². The Bertz CT molecular complexity index is 412. The van der Waals surface area contributed by atoms with Gasteiger partial charge in [0.15, 0.2) is 5.82 Å². The third kappa shape index (κ3) is 5.92. The SMILES string of the molecule is CCCNc1ncc(Cl)c(NCC(C)(C)CCCO)n1. The zero-order valence-corrected chi connectivity index (χ0v) is 13.3. The Morgan fingerprint density at radius 1 is 1.35 bits per heavy atom. The number of aliphatic hydroxyl groups is 1. The zero-order valence-electron chi connectivity index (χ0n) is 12.5. The van der Waals surface area contributed by atoms with Crippen molar-refractivity contribution in [2.45, 2.75) is 40.0 Å². The molecule has 0 saturated heterocycles. The number of anilines is 2. The minimum absolute atomic E-state index is 0.0774. The molecular weight excluding hydrogens is 276 g/mol. The Kier molecular flexibility index (Phi) is 7.02. The molecule has 0 fully saturated rings. The van der Waals surface area contributed by atoms with E-state index in [1.54, 1.807) is 6.20 Å². The summed E-state index contributed by atoms with van der Waals surface area (Å²) in [6.07, 6.45) is 4.37. The molecule has 20 heavy (non-hydrogen) atoms. The van der Waals surface area contributed by atoms with Gasteiger partial charge in [0.25, 0.3) is 0 Å². The van der Waals surface area contributed by atoms with Gasteiger partial charge in [-0.25, -0.2) is 4.98 Å². The van der Waals surface area contributed by atoms with E-state index in [2.05, 4.69) is 41.4 Å². The highest BCUT2D eigenvalue weighted by atomic mass is 35.5. The van der Waals surface area contributed by atoms with E-state index in [1.807, 2.05) is 0 Å². The van der Waals surface area contributed by atoms with Gasteiger partial charge in [0, 0.05) is 19.7 Å². The molecule has 0 radical (unpaired) electrons. The van der Waals surface area contributed by atoms with Crippen LogP contribution in [0, 0.1) is 5.41 Å². The van der Waals surface area contributed by atoms with Crippen LogP contribution in [0.3, 0.4) is 0 Å². The molecule has 0 aliphatic rings. The Labute approximate surface area is 126 Å². The van der Waals surface area contributed by atoms with Crippen molar-refractivity contribution >= 4 is 23.4 Å². The topological polar surface area (TPSA) is 70.1 Å². The van der Waals surface area contributed by atoms with E-state index >= 15 is 0 Å². The summed E-state index contributed by atoms with van der Waals surface area (Å²) in [5, 5.41) is 15.8. The molecule has 0 aliphatic carbocycles. The molecule has 0 unspecified atom stereocenters. The van der Waals surface area contributed by atoms with Crippen molar-refractivity contribution in [2.75, 3.05) is 30.3 Å². The lowest BCUT2D eigenvalue weighted by molar-refractivity contribution is 0.248. The fraction of sp³-hybridized carbons (Fsp3) is 0.714. The summed E-state index contributed by atoms with van der Waals surface area (Å²) in [5.41, 5.74) is 0.0774. The first-order chi connectivity index (χ1) is 9.48. The number of halogens is 1. The number of aromatic nitrogens is 2. The molecule has 6 heteroatoms. The van der Waals surface area contributed by atoms with Crippen LogP contribution >= 0.6 is 11.6 Å². The van der Waals surface area contributed by atoms with Crippen LogP contribution in [0.2, 0.25) is 5.02 Å². The van der Waals surface area contributed by atoms with E-state index in [4.69, 9.17) is 16.7 Å². The summed E-state index contributed by atoms with van der Waals surface area (Å²) in [6, 6.07) is 0. The number of aliphatic hydroxyl groups excluding tert-OH is 1. The second kappa shape index (κ2) is 8.27. The molecule has 0 aromatic carbocycles. The number of hydrogen-bond acceptors (Lipinski definition) is 5. The van der Waals surface area contributed by atoms with Crippen LogP contribution in [0.25, 0.3) is 0 Å². The highest BCUT2D eigenvalue weighted by Gasteiger charge is 2.18. The molecule has 0 saturated carbocycles. The predicted octanol–water partition coefficient (Wildman–Crippen LogP) is 3.16. The average molecular weight is 301 g/mol. The van der Waals surface area contributed by atoms with Crippen molar-refractivity contribution in [1.29, 1.82) is 0 Å². The van der Waals surface area contributed by atoms with Gasteiger partial charge in [-0.15, -0.1) is 0 Å². The average Bonchev–Trinajstić information content (AvgIpc) is 2.43. The molecule has 3 N–H and O–H groups in total. The monoisotopic (exact) mass is 300 g/mol. The fourth-order valence-corrected chi connectivity index (χ4v) is 1.94. The van der Waals surface area contributed by atoms with Gasteiger partial charge in [0.2, 0.25) is 5.95 Å². The molecule has 1 rings (SSSR count). The maximum absolute atomic E-state index is 8.91. The highest BCUT2D eigenvalue weighted by molar-refractivity contribution is 6.32. The molecule has 0 atom stereocenters. The standard InChI is InChI=1S/C14H25ClN4O/c1-4-7-16-13-17-9-11(15)12(19-13)18-10-14(2,3)6-5-8-20/h9,20H,4-8,10H2,1-3H3,(H2,16,17,18,19). The summed E-state index contributed by atoms with van der Waals surface area (Å²) in [6.45, 7) is 8.20. The van der Waals surface area contributed by atoms with Crippen LogP contribution in [0.5, 0.6) is 0 Å². The number of hydrogen-bond donors (Lipinski definition) is 3. The van der Waals surface area contributed by atoms with Gasteiger partial charge in [-0.1, -0.05) is 32.4 Å². The quantitative estimate of drug-likeness (QED) is 0.653. The highest BCUT2D eigenvalue weighted by Crippen LogP contribution is 2.25. The van der Waals surface area contributed by atoms with Gasteiger partial charge in [-0.2, -0.15) is 4.98 Å². The summed E-state index contributed by atoms with van der Waals surface area (Å²) < 4.78 is 0. The Hall–Kier alpha value is -1.07. The molecule has 1 heterocycles. The number of nitrogens with one attached hydrogen (secondary N) is 2. The molecule has 5 nitrogen and oxygen atoms in total. The Morgan fingerprint density at radius 2 is 2.10 bits per heavy atom. The summed E-state index contributed by atoms with van der Waals surface area (Å²) in [4.78, 5) is 8.52. The summed E-state index contributed by atoms with van der Waals surface area (Å²) in [5.74, 6) is 1.24. The largest absolute Gasteiger partial charge is 0.396 e. The van der Waals surface area contributed by atoms with Crippen LogP contribution in [-0.2, 0) is 0 Å². The van der Waals surface area contributed by atoms with Gasteiger partial charge >= 0.3 is 0 Å². The van der Waals surface area contributed by atoms with Crippen LogP contribution in [0.4, 0.5) is 11.8 Å². The van der Waals surface area contributed by atoms with Gasteiger partial charge in [-0.3, -0.25) is 0 Å². The van der Waals surface area contributed by atoms with E-state index in [0.29, 0.717) is 16.8 Å². The summed E-state index contributed by atoms with van der Waals surface area (Å²) >= 11 is 6.11. The maximum Gasteiger partial charge on any atom is 0.224 e. The summed E-state index contributed by atoms with van der Waals surface area (Å²) in [7, 11) is 0. The number of nitrogens with zero attached hydrogens (tertiary/aromatic N) is 2. The molecule has 1 aromatic heterocycles. The molecule has 1 aromatic rings. The lowest BCUT2D eigenvalue weighted by atomic mass is 9.88. The predicted molar refractivity (Wildman–Crippen MR) is 84.4 cm³/mol. The van der Waals surface area contributed by atoms with Crippen molar-refractivity contribution < 1.29 is 5.11 Å². The lowest BCUT2D eigenvalue weighted by Crippen LogP contribution is -2.24. The normalized spacial score (nSPS) is 11.4. The van der Waals surface area contributed by atoms with Crippen molar-refractivity contribution in [1.82, 2.24) is 9.97 Å². The first kappa shape index (κ1) is 17.0. The van der Waals surface area contributed by atoms with E-state index in [0.717, 1.165) is 32.4 Å². The molecule has 0 spiro atoms. The van der Waals surface area contributed by atoms with Crippen LogP contribution in [0.15, 0.2) is 6.20 Å². The Balaban J connectivity index is 2.61. The van der Waals surface area contributed by atoms with Crippen molar-refractivity contribution in [2.24, 2.45) is 5.41 Å². The van der Waals surface area contributed by atoms with Crippen LogP contribution in [-0.4, -0.2) is 34.8 Å². The van der Waals surface area contributed by atoms with Gasteiger partial charge < -0.3 is 15.7 Å². The smallest absolute Gasteiger partial charge is 0.224 e. The molecule has 0 amide bonds. The maximum atomic E-state index is 8.91. The minimum Gasteiger partial charge on any atom is -0.396 e. The Morgan fingerprint density at radius 3 is 2.75 bits per heavy atom. The molecule has 0 aliphatic heterocycles. The molecule has 114 valence electrons. The second-order valence-electron chi connectivity index (χ2n) is 5.66.